The van der Waals surface area contributed by atoms with Crippen molar-refractivity contribution in [2.24, 2.45) is 11.8 Å². The van der Waals surface area contributed by atoms with Gasteiger partial charge in [0.1, 0.15) is 5.82 Å². The van der Waals surface area contributed by atoms with Crippen LogP contribution in [0.25, 0.3) is 0 Å². The van der Waals surface area contributed by atoms with Crippen LogP contribution in [0, 0.1) is 17.7 Å². The van der Waals surface area contributed by atoms with Crippen LogP contribution in [0.15, 0.2) is 24.3 Å². The summed E-state index contributed by atoms with van der Waals surface area (Å²) in [6.45, 7) is 4.61. The zero-order valence-electron chi connectivity index (χ0n) is 9.54. The highest BCUT2D eigenvalue weighted by Crippen LogP contribution is 2.41. The molecule has 0 bridgehead atoms. The Morgan fingerprint density at radius 2 is 1.80 bits per heavy atom. The van der Waals surface area contributed by atoms with Crippen LogP contribution in [0.5, 0.6) is 0 Å². The van der Waals surface area contributed by atoms with Crippen LogP contribution in [0.4, 0.5) is 4.39 Å². The van der Waals surface area contributed by atoms with E-state index in [9.17, 15) is 4.39 Å². The van der Waals surface area contributed by atoms with E-state index in [2.05, 4.69) is 13.8 Å². The van der Waals surface area contributed by atoms with Gasteiger partial charge in [0.05, 0.1) is 0 Å². The third kappa shape index (κ3) is 2.39. The normalized spacial score (nSPS) is 26.1. The molecule has 0 aliphatic heterocycles. The standard InChI is InChI=1S/C14H19F/c1-10(2)12-3-4-13(9-12)11-5-7-14(15)8-6-11/h5-8,10,12-13H,3-4,9H2,1-2H3/t12-,13-/m0/s1. The van der Waals surface area contributed by atoms with E-state index in [0.29, 0.717) is 5.92 Å². The molecule has 1 aromatic rings. The van der Waals surface area contributed by atoms with Crippen LogP contribution in [0.1, 0.15) is 44.6 Å². The molecular weight excluding hydrogens is 187 g/mol. The fourth-order valence-corrected chi connectivity index (χ4v) is 2.66. The SMILES string of the molecule is CC(C)[C@H]1CC[C@H](c2ccc(F)cc2)C1. The van der Waals surface area contributed by atoms with Crippen molar-refractivity contribution in [3.05, 3.63) is 35.6 Å². The fourth-order valence-electron chi connectivity index (χ4n) is 2.66. The average molecular weight is 206 g/mol. The minimum atomic E-state index is -0.128. The first kappa shape index (κ1) is 10.7. The Bertz CT molecular complexity index is 313. The molecule has 1 heteroatoms. The Morgan fingerprint density at radius 1 is 1.13 bits per heavy atom. The van der Waals surface area contributed by atoms with E-state index >= 15 is 0 Å². The van der Waals surface area contributed by atoms with Crippen molar-refractivity contribution >= 4 is 0 Å². The summed E-state index contributed by atoms with van der Waals surface area (Å²) in [6, 6.07) is 7.06. The first-order valence-corrected chi connectivity index (χ1v) is 5.92. The van der Waals surface area contributed by atoms with E-state index < -0.39 is 0 Å². The maximum absolute atomic E-state index is 12.8. The maximum Gasteiger partial charge on any atom is 0.123 e. The molecule has 1 fully saturated rings. The van der Waals surface area contributed by atoms with Crippen molar-refractivity contribution in [2.75, 3.05) is 0 Å². The number of halogens is 1. The Labute approximate surface area is 91.5 Å². The minimum Gasteiger partial charge on any atom is -0.207 e. The molecule has 15 heavy (non-hydrogen) atoms. The number of benzene rings is 1. The van der Waals surface area contributed by atoms with Crippen molar-refractivity contribution in [1.82, 2.24) is 0 Å². The number of hydrogen-bond donors (Lipinski definition) is 0. The van der Waals surface area contributed by atoms with Gasteiger partial charge >= 0.3 is 0 Å². The van der Waals surface area contributed by atoms with Crippen molar-refractivity contribution < 1.29 is 4.39 Å². The van der Waals surface area contributed by atoms with Gasteiger partial charge in [0.15, 0.2) is 0 Å². The molecule has 2 atom stereocenters. The lowest BCUT2D eigenvalue weighted by atomic mass is 9.91. The molecule has 1 aliphatic carbocycles. The van der Waals surface area contributed by atoms with Crippen LogP contribution in [0.3, 0.4) is 0 Å². The third-order valence-electron chi connectivity index (χ3n) is 3.76. The zero-order chi connectivity index (χ0) is 10.8. The molecule has 1 aromatic carbocycles. The quantitative estimate of drug-likeness (QED) is 0.674. The van der Waals surface area contributed by atoms with Crippen LogP contribution >= 0.6 is 0 Å². The van der Waals surface area contributed by atoms with Gasteiger partial charge in [0, 0.05) is 0 Å². The second kappa shape index (κ2) is 4.34. The highest BCUT2D eigenvalue weighted by atomic mass is 19.1. The molecule has 0 spiro atoms. The Balaban J connectivity index is 2.04. The molecule has 0 N–H and O–H groups in total. The van der Waals surface area contributed by atoms with E-state index in [1.54, 1.807) is 12.1 Å². The van der Waals surface area contributed by atoms with Crippen LogP contribution in [0.2, 0.25) is 0 Å². The van der Waals surface area contributed by atoms with Crippen molar-refractivity contribution in [2.45, 2.75) is 39.0 Å². The molecule has 82 valence electrons. The van der Waals surface area contributed by atoms with E-state index in [1.807, 2.05) is 12.1 Å². The van der Waals surface area contributed by atoms with Gasteiger partial charge in [-0.3, -0.25) is 0 Å². The predicted octanol–water partition coefficient (Wildman–Crippen LogP) is 4.37. The summed E-state index contributed by atoms with van der Waals surface area (Å²) >= 11 is 0. The summed E-state index contributed by atoms with van der Waals surface area (Å²) in [5, 5.41) is 0. The molecule has 1 aliphatic rings. The Hall–Kier alpha value is -0.850. The molecular formula is C14H19F. The molecule has 2 rings (SSSR count). The largest absolute Gasteiger partial charge is 0.207 e. The summed E-state index contributed by atoms with van der Waals surface area (Å²) in [7, 11) is 0. The maximum atomic E-state index is 12.8. The zero-order valence-corrected chi connectivity index (χ0v) is 9.54. The van der Waals surface area contributed by atoms with E-state index in [1.165, 1.54) is 24.8 Å². The first-order chi connectivity index (χ1) is 7.16. The highest BCUT2D eigenvalue weighted by Gasteiger charge is 2.27. The van der Waals surface area contributed by atoms with Gasteiger partial charge in [0.2, 0.25) is 0 Å². The summed E-state index contributed by atoms with van der Waals surface area (Å²) in [5.74, 6) is 2.19. The van der Waals surface area contributed by atoms with Crippen LogP contribution in [-0.4, -0.2) is 0 Å². The van der Waals surface area contributed by atoms with E-state index in [-0.39, 0.29) is 5.82 Å². The van der Waals surface area contributed by atoms with Gasteiger partial charge in [-0.2, -0.15) is 0 Å². The lowest BCUT2D eigenvalue weighted by Crippen LogP contribution is -2.03. The molecule has 0 unspecified atom stereocenters. The number of hydrogen-bond acceptors (Lipinski definition) is 0. The van der Waals surface area contributed by atoms with Crippen LogP contribution in [-0.2, 0) is 0 Å². The lowest BCUT2D eigenvalue weighted by molar-refractivity contribution is 0.391. The second-order valence-electron chi connectivity index (χ2n) is 5.07. The van der Waals surface area contributed by atoms with Crippen molar-refractivity contribution in [3.8, 4) is 0 Å². The lowest BCUT2D eigenvalue weighted by Gasteiger charge is -2.14. The van der Waals surface area contributed by atoms with Gasteiger partial charge in [-0.1, -0.05) is 26.0 Å². The molecule has 1 saturated carbocycles. The molecule has 0 heterocycles. The summed E-state index contributed by atoms with van der Waals surface area (Å²) in [5.41, 5.74) is 1.32. The smallest absolute Gasteiger partial charge is 0.123 e. The van der Waals surface area contributed by atoms with Crippen LogP contribution < -0.4 is 0 Å². The average Bonchev–Trinajstić information content (AvgIpc) is 2.68. The molecule has 0 nitrogen and oxygen atoms in total. The van der Waals surface area contributed by atoms with Crippen molar-refractivity contribution in [1.29, 1.82) is 0 Å². The van der Waals surface area contributed by atoms with Crippen molar-refractivity contribution in [3.63, 3.8) is 0 Å². The van der Waals surface area contributed by atoms with Gasteiger partial charge in [-0.15, -0.1) is 0 Å². The molecule has 0 amide bonds. The highest BCUT2D eigenvalue weighted by molar-refractivity contribution is 5.21. The fraction of sp³-hybridized carbons (Fsp3) is 0.571. The van der Waals surface area contributed by atoms with Gasteiger partial charge in [0.25, 0.3) is 0 Å². The summed E-state index contributed by atoms with van der Waals surface area (Å²) < 4.78 is 12.8. The monoisotopic (exact) mass is 206 g/mol. The molecule has 0 aromatic heterocycles. The molecule has 0 radical (unpaired) electrons. The van der Waals surface area contributed by atoms with Gasteiger partial charge in [-0.05, 0) is 54.7 Å². The first-order valence-electron chi connectivity index (χ1n) is 5.92. The Kier molecular flexibility index (Phi) is 3.08. The summed E-state index contributed by atoms with van der Waals surface area (Å²) in [6.07, 6.45) is 3.89. The number of rotatable bonds is 2. The summed E-state index contributed by atoms with van der Waals surface area (Å²) in [4.78, 5) is 0. The third-order valence-corrected chi connectivity index (χ3v) is 3.76. The van der Waals surface area contributed by atoms with Gasteiger partial charge in [-0.25, -0.2) is 4.39 Å². The minimum absolute atomic E-state index is 0.128. The Morgan fingerprint density at radius 3 is 2.33 bits per heavy atom. The van der Waals surface area contributed by atoms with E-state index in [4.69, 9.17) is 0 Å². The molecule has 0 saturated heterocycles. The second-order valence-corrected chi connectivity index (χ2v) is 5.07. The van der Waals surface area contributed by atoms with Gasteiger partial charge < -0.3 is 0 Å². The predicted molar refractivity (Wildman–Crippen MR) is 61.3 cm³/mol. The van der Waals surface area contributed by atoms with E-state index in [0.717, 1.165) is 11.8 Å². The topological polar surface area (TPSA) is 0 Å².